The third kappa shape index (κ3) is 3.61. The van der Waals surface area contributed by atoms with Crippen molar-refractivity contribution in [3.05, 3.63) is 76.9 Å². The van der Waals surface area contributed by atoms with Crippen LogP contribution in [0.3, 0.4) is 0 Å². The van der Waals surface area contributed by atoms with Crippen LogP contribution in [-0.2, 0) is 0 Å². The van der Waals surface area contributed by atoms with Gasteiger partial charge in [0, 0.05) is 22.1 Å². The maximum atomic E-state index is 5.98. The molecule has 2 aromatic carbocycles. The van der Waals surface area contributed by atoms with Crippen molar-refractivity contribution < 1.29 is 0 Å². The van der Waals surface area contributed by atoms with Gasteiger partial charge in [-0.2, -0.15) is 0 Å². The molecule has 4 rings (SSSR count). The summed E-state index contributed by atoms with van der Waals surface area (Å²) in [6, 6.07) is 12.3. The molecule has 0 spiro atoms. The molecule has 1 aliphatic carbocycles. The van der Waals surface area contributed by atoms with E-state index in [1.54, 1.807) is 0 Å². The fourth-order valence-electron chi connectivity index (χ4n) is 3.22. The highest BCUT2D eigenvalue weighted by molar-refractivity contribution is 5.94. The van der Waals surface area contributed by atoms with Crippen molar-refractivity contribution in [2.24, 2.45) is 0 Å². The molecule has 3 aromatic rings. The van der Waals surface area contributed by atoms with Crippen LogP contribution >= 0.6 is 0 Å². The number of hydrogen-bond acceptors (Lipinski definition) is 3. The minimum absolute atomic E-state index is 0.287. The molecule has 0 radical (unpaired) electrons. The molecule has 0 saturated carbocycles. The molecule has 3 nitrogen and oxygen atoms in total. The minimum Gasteiger partial charge on any atom is -0.368 e. The molecule has 0 amide bonds. The number of aryl methyl sites for hydroxylation is 2. The fraction of sp³-hybridized carbons (Fsp3) is 0.167. The van der Waals surface area contributed by atoms with Gasteiger partial charge in [-0.05, 0) is 62.1 Å². The Bertz CT molecular complexity index is 1160. The standard InChI is InChI=1S/C24H21N3/c1-16-13-21-22(14-17(16)2)26-24(25)27-23(21)20-10-6-9-19(15-20)12-11-18-7-4-3-5-8-18/h4,6-10,13-15H,3,5H2,1-2H3,(H2,25,26,27). The number of nitrogen functional groups attached to an aromatic ring is 1. The first-order valence-corrected chi connectivity index (χ1v) is 9.14. The molecule has 0 unspecified atom stereocenters. The summed E-state index contributed by atoms with van der Waals surface area (Å²) in [5.41, 5.74) is 13.1. The normalized spacial score (nSPS) is 13.2. The van der Waals surface area contributed by atoms with E-state index in [-0.39, 0.29) is 5.95 Å². The molecule has 1 aromatic heterocycles. The van der Waals surface area contributed by atoms with Crippen LogP contribution in [0.1, 0.15) is 29.5 Å². The average Bonchev–Trinajstić information content (AvgIpc) is 2.68. The van der Waals surface area contributed by atoms with E-state index in [2.05, 4.69) is 72.1 Å². The Labute approximate surface area is 159 Å². The van der Waals surface area contributed by atoms with Gasteiger partial charge in [-0.15, -0.1) is 0 Å². The van der Waals surface area contributed by atoms with Crippen molar-refractivity contribution in [2.75, 3.05) is 5.73 Å². The topological polar surface area (TPSA) is 51.8 Å². The first kappa shape index (κ1) is 17.1. The molecule has 0 saturated heterocycles. The van der Waals surface area contributed by atoms with Crippen molar-refractivity contribution in [1.82, 2.24) is 9.97 Å². The summed E-state index contributed by atoms with van der Waals surface area (Å²) in [5, 5.41) is 1.01. The van der Waals surface area contributed by atoms with E-state index >= 15 is 0 Å². The van der Waals surface area contributed by atoms with Gasteiger partial charge in [-0.25, -0.2) is 9.97 Å². The third-order valence-electron chi connectivity index (χ3n) is 4.81. The zero-order valence-corrected chi connectivity index (χ0v) is 15.6. The predicted molar refractivity (Wildman–Crippen MR) is 112 cm³/mol. The van der Waals surface area contributed by atoms with E-state index in [4.69, 9.17) is 5.73 Å². The van der Waals surface area contributed by atoms with Gasteiger partial charge in [0.15, 0.2) is 0 Å². The number of nitrogens with zero attached hydrogens (tertiary/aromatic N) is 2. The van der Waals surface area contributed by atoms with Gasteiger partial charge in [0.2, 0.25) is 5.95 Å². The summed E-state index contributed by atoms with van der Waals surface area (Å²) >= 11 is 0. The number of aromatic nitrogens is 2. The minimum atomic E-state index is 0.287. The van der Waals surface area contributed by atoms with Gasteiger partial charge in [0.25, 0.3) is 0 Å². The van der Waals surface area contributed by atoms with Crippen molar-refractivity contribution in [3.8, 4) is 23.1 Å². The van der Waals surface area contributed by atoms with Crippen molar-refractivity contribution in [3.63, 3.8) is 0 Å². The summed E-state index contributed by atoms with van der Waals surface area (Å²) in [6.07, 6.45) is 8.60. The highest BCUT2D eigenvalue weighted by atomic mass is 15.0. The Balaban J connectivity index is 1.80. The van der Waals surface area contributed by atoms with Gasteiger partial charge >= 0.3 is 0 Å². The molecule has 132 valence electrons. The summed E-state index contributed by atoms with van der Waals surface area (Å²) in [5.74, 6) is 6.80. The molecule has 3 heteroatoms. The fourth-order valence-corrected chi connectivity index (χ4v) is 3.22. The Hall–Kier alpha value is -3.38. The molecule has 0 bridgehead atoms. The lowest BCUT2D eigenvalue weighted by molar-refractivity contribution is 1.03. The molecule has 0 atom stereocenters. The second-order valence-corrected chi connectivity index (χ2v) is 6.85. The molecule has 2 N–H and O–H groups in total. The monoisotopic (exact) mass is 351 g/mol. The zero-order chi connectivity index (χ0) is 18.8. The molecule has 0 aliphatic heterocycles. The Morgan fingerprint density at radius 1 is 0.963 bits per heavy atom. The summed E-state index contributed by atoms with van der Waals surface area (Å²) in [7, 11) is 0. The molecule has 1 aliphatic rings. The van der Waals surface area contributed by atoms with Gasteiger partial charge in [0.1, 0.15) is 0 Å². The van der Waals surface area contributed by atoms with Crippen LogP contribution < -0.4 is 5.73 Å². The van der Waals surface area contributed by atoms with Gasteiger partial charge in [0.05, 0.1) is 11.2 Å². The number of anilines is 1. The van der Waals surface area contributed by atoms with Gasteiger partial charge < -0.3 is 5.73 Å². The maximum absolute atomic E-state index is 5.98. The van der Waals surface area contributed by atoms with E-state index in [0.29, 0.717) is 0 Å². The summed E-state index contributed by atoms with van der Waals surface area (Å²) in [4.78, 5) is 8.94. The Morgan fingerprint density at radius 3 is 2.63 bits per heavy atom. The second-order valence-electron chi connectivity index (χ2n) is 6.85. The second kappa shape index (κ2) is 7.09. The molecule has 27 heavy (non-hydrogen) atoms. The van der Waals surface area contributed by atoms with Crippen LogP contribution in [-0.4, -0.2) is 9.97 Å². The third-order valence-corrected chi connectivity index (χ3v) is 4.81. The van der Waals surface area contributed by atoms with Crippen LogP contribution in [0.4, 0.5) is 5.95 Å². The number of fused-ring (bicyclic) bond motifs is 1. The van der Waals surface area contributed by atoms with E-state index in [9.17, 15) is 0 Å². The molecule has 0 fully saturated rings. The maximum Gasteiger partial charge on any atom is 0.221 e. The van der Waals surface area contributed by atoms with Gasteiger partial charge in [-0.3, -0.25) is 0 Å². The average molecular weight is 351 g/mol. The van der Waals surface area contributed by atoms with Crippen LogP contribution in [0.25, 0.3) is 22.2 Å². The molecule has 1 heterocycles. The first-order chi connectivity index (χ1) is 13.1. The molecular formula is C24H21N3. The largest absolute Gasteiger partial charge is 0.368 e. The van der Waals surface area contributed by atoms with E-state index in [1.807, 2.05) is 18.2 Å². The van der Waals surface area contributed by atoms with Gasteiger partial charge in [-0.1, -0.05) is 42.2 Å². The van der Waals surface area contributed by atoms with E-state index < -0.39 is 0 Å². The van der Waals surface area contributed by atoms with Crippen LogP contribution in [0, 0.1) is 25.7 Å². The smallest absolute Gasteiger partial charge is 0.221 e. The number of nitrogens with two attached hydrogens (primary N) is 1. The van der Waals surface area contributed by atoms with Crippen molar-refractivity contribution in [1.29, 1.82) is 0 Å². The lowest BCUT2D eigenvalue weighted by Crippen LogP contribution is -1.99. The van der Waals surface area contributed by atoms with Crippen LogP contribution in [0.15, 0.2) is 60.2 Å². The van der Waals surface area contributed by atoms with E-state index in [1.165, 1.54) is 11.1 Å². The molecular weight excluding hydrogens is 330 g/mol. The predicted octanol–water partition coefficient (Wildman–Crippen LogP) is 5.12. The SMILES string of the molecule is Cc1cc2nc(N)nc(-c3cccc(C#CC4=CCCC=C4)c3)c2cc1C. The first-order valence-electron chi connectivity index (χ1n) is 9.14. The van der Waals surface area contributed by atoms with Crippen molar-refractivity contribution >= 4 is 16.9 Å². The Morgan fingerprint density at radius 2 is 1.81 bits per heavy atom. The highest BCUT2D eigenvalue weighted by Gasteiger charge is 2.10. The number of rotatable bonds is 1. The number of benzene rings is 2. The van der Waals surface area contributed by atoms with E-state index in [0.717, 1.165) is 46.1 Å². The lowest BCUT2D eigenvalue weighted by atomic mass is 10.0. The van der Waals surface area contributed by atoms with Crippen LogP contribution in [0.2, 0.25) is 0 Å². The summed E-state index contributed by atoms with van der Waals surface area (Å²) in [6.45, 7) is 4.18. The lowest BCUT2D eigenvalue weighted by Gasteiger charge is -2.10. The highest BCUT2D eigenvalue weighted by Crippen LogP contribution is 2.29. The number of allylic oxidation sites excluding steroid dienone is 4. The quantitative estimate of drug-likeness (QED) is 0.619. The summed E-state index contributed by atoms with van der Waals surface area (Å²) < 4.78 is 0. The zero-order valence-electron chi connectivity index (χ0n) is 15.6. The Kier molecular flexibility index (Phi) is 4.48. The van der Waals surface area contributed by atoms with Crippen LogP contribution in [0.5, 0.6) is 0 Å². The van der Waals surface area contributed by atoms with Crippen molar-refractivity contribution in [2.45, 2.75) is 26.7 Å². The number of hydrogen-bond donors (Lipinski definition) is 1.